The van der Waals surface area contributed by atoms with E-state index in [1.165, 1.54) is 4.88 Å². The van der Waals surface area contributed by atoms with Gasteiger partial charge in [-0.2, -0.15) is 0 Å². The van der Waals surface area contributed by atoms with Crippen LogP contribution in [0.4, 0.5) is 5.13 Å². The third-order valence-corrected chi connectivity index (χ3v) is 5.93. The number of anilines is 1. The van der Waals surface area contributed by atoms with Gasteiger partial charge in [-0.25, -0.2) is 4.98 Å². The van der Waals surface area contributed by atoms with Crippen LogP contribution in [-0.2, 0) is 12.0 Å². The van der Waals surface area contributed by atoms with Crippen LogP contribution in [0.25, 0.3) is 0 Å². The van der Waals surface area contributed by atoms with E-state index in [0.29, 0.717) is 5.92 Å². The maximum Gasteiger partial charge on any atom is 0.206 e. The lowest BCUT2D eigenvalue weighted by Gasteiger charge is -2.14. The van der Waals surface area contributed by atoms with Gasteiger partial charge in [0.25, 0.3) is 0 Å². The Labute approximate surface area is 135 Å². The molecule has 2 heterocycles. The number of nitrogens with one attached hydrogen (secondary N) is 1. The highest BCUT2D eigenvalue weighted by Crippen LogP contribution is 2.30. The lowest BCUT2D eigenvalue weighted by atomic mass is 9.96. The number of hydrogen-bond donors (Lipinski definition) is 1. The fourth-order valence-corrected chi connectivity index (χ4v) is 3.92. The van der Waals surface area contributed by atoms with Gasteiger partial charge in [0.2, 0.25) is 5.13 Å². The van der Waals surface area contributed by atoms with Gasteiger partial charge < -0.3 is 5.32 Å². The van der Waals surface area contributed by atoms with E-state index >= 15 is 0 Å². The van der Waals surface area contributed by atoms with Crippen LogP contribution in [0.15, 0.2) is 6.20 Å². The Morgan fingerprint density at radius 3 is 2.43 bits per heavy atom. The SMILES string of the molecule is CCC(CC)c1nnc(NCc2ncc(C(C)(C)C)s2)s1. The van der Waals surface area contributed by atoms with Gasteiger partial charge >= 0.3 is 0 Å². The van der Waals surface area contributed by atoms with Crippen LogP contribution in [0.5, 0.6) is 0 Å². The van der Waals surface area contributed by atoms with E-state index in [-0.39, 0.29) is 5.41 Å². The van der Waals surface area contributed by atoms with Crippen LogP contribution in [-0.4, -0.2) is 15.2 Å². The minimum absolute atomic E-state index is 0.168. The first-order valence-corrected chi connectivity index (χ1v) is 9.09. The first kappa shape index (κ1) is 16.4. The molecule has 0 saturated carbocycles. The van der Waals surface area contributed by atoms with Crippen LogP contribution in [0.2, 0.25) is 0 Å². The number of nitrogens with zero attached hydrogens (tertiary/aromatic N) is 3. The molecule has 0 aliphatic carbocycles. The predicted molar refractivity (Wildman–Crippen MR) is 91.4 cm³/mol. The van der Waals surface area contributed by atoms with Gasteiger partial charge in [-0.05, 0) is 18.3 Å². The Kier molecular flexibility index (Phi) is 5.32. The Hall–Kier alpha value is -1.01. The quantitative estimate of drug-likeness (QED) is 0.828. The van der Waals surface area contributed by atoms with Crippen LogP contribution in [0, 0.1) is 0 Å². The van der Waals surface area contributed by atoms with E-state index in [9.17, 15) is 0 Å². The molecule has 0 radical (unpaired) electrons. The summed E-state index contributed by atoms with van der Waals surface area (Å²) in [6.45, 7) is 11.8. The summed E-state index contributed by atoms with van der Waals surface area (Å²) in [6, 6.07) is 0. The molecule has 0 spiro atoms. The topological polar surface area (TPSA) is 50.7 Å². The van der Waals surface area contributed by atoms with Crippen molar-refractivity contribution in [2.75, 3.05) is 5.32 Å². The van der Waals surface area contributed by atoms with Crippen molar-refractivity contribution in [3.8, 4) is 0 Å². The molecule has 1 N–H and O–H groups in total. The second kappa shape index (κ2) is 6.83. The van der Waals surface area contributed by atoms with Gasteiger partial charge in [0.15, 0.2) is 0 Å². The molecule has 21 heavy (non-hydrogen) atoms. The zero-order valence-corrected chi connectivity index (χ0v) is 15.1. The largest absolute Gasteiger partial charge is 0.354 e. The summed E-state index contributed by atoms with van der Waals surface area (Å²) in [5, 5.41) is 15.0. The fourth-order valence-electron chi connectivity index (χ4n) is 2.00. The molecule has 0 bridgehead atoms. The van der Waals surface area contributed by atoms with Gasteiger partial charge in [-0.3, -0.25) is 0 Å². The smallest absolute Gasteiger partial charge is 0.206 e. The van der Waals surface area contributed by atoms with E-state index in [4.69, 9.17) is 0 Å². The Morgan fingerprint density at radius 2 is 1.86 bits per heavy atom. The molecule has 0 fully saturated rings. The van der Waals surface area contributed by atoms with Crippen molar-refractivity contribution in [2.45, 2.75) is 65.3 Å². The average Bonchev–Trinajstić information content (AvgIpc) is 3.06. The molecule has 6 heteroatoms. The Balaban J connectivity index is 1.96. The molecule has 0 aromatic carbocycles. The summed E-state index contributed by atoms with van der Waals surface area (Å²) in [6.07, 6.45) is 4.22. The number of thiazole rings is 1. The highest BCUT2D eigenvalue weighted by molar-refractivity contribution is 7.15. The number of rotatable bonds is 6. The highest BCUT2D eigenvalue weighted by Gasteiger charge is 2.17. The van der Waals surface area contributed by atoms with Crippen LogP contribution in [0.3, 0.4) is 0 Å². The van der Waals surface area contributed by atoms with Crippen LogP contribution in [0.1, 0.15) is 68.3 Å². The lowest BCUT2D eigenvalue weighted by Crippen LogP contribution is -2.07. The third-order valence-electron chi connectivity index (χ3n) is 3.46. The molecule has 116 valence electrons. The maximum absolute atomic E-state index is 4.48. The van der Waals surface area contributed by atoms with E-state index in [1.807, 2.05) is 6.20 Å². The molecule has 0 atom stereocenters. The second-order valence-corrected chi connectivity index (χ2v) is 8.30. The summed E-state index contributed by atoms with van der Waals surface area (Å²) in [7, 11) is 0. The van der Waals surface area contributed by atoms with Crippen molar-refractivity contribution in [2.24, 2.45) is 0 Å². The van der Waals surface area contributed by atoms with Gasteiger partial charge in [0.1, 0.15) is 10.0 Å². The second-order valence-electron chi connectivity index (χ2n) is 6.18. The molecular formula is C15H24N4S2. The molecule has 0 amide bonds. The number of aromatic nitrogens is 3. The van der Waals surface area contributed by atoms with E-state index < -0.39 is 0 Å². The van der Waals surface area contributed by atoms with Crippen LogP contribution >= 0.6 is 22.7 Å². The zero-order chi connectivity index (χ0) is 15.5. The lowest BCUT2D eigenvalue weighted by molar-refractivity contribution is 0.602. The first-order chi connectivity index (χ1) is 9.94. The van der Waals surface area contributed by atoms with Crippen molar-refractivity contribution in [3.63, 3.8) is 0 Å². The molecule has 2 aromatic heterocycles. The third kappa shape index (κ3) is 4.23. The van der Waals surface area contributed by atoms with Crippen molar-refractivity contribution >= 4 is 27.8 Å². The normalized spacial score (nSPS) is 12.1. The maximum atomic E-state index is 4.48. The van der Waals surface area contributed by atoms with E-state index in [2.05, 4.69) is 55.1 Å². The van der Waals surface area contributed by atoms with Gasteiger partial charge in [0, 0.05) is 17.0 Å². The van der Waals surface area contributed by atoms with Crippen LogP contribution < -0.4 is 5.32 Å². The average molecular weight is 325 g/mol. The van der Waals surface area contributed by atoms with Crippen molar-refractivity contribution < 1.29 is 0 Å². The van der Waals surface area contributed by atoms with Crippen molar-refractivity contribution in [1.29, 1.82) is 0 Å². The molecule has 0 aliphatic rings. The van der Waals surface area contributed by atoms with E-state index in [1.54, 1.807) is 22.7 Å². The minimum atomic E-state index is 0.168. The Bertz CT molecular complexity index is 564. The molecule has 2 aromatic rings. The Morgan fingerprint density at radius 1 is 1.14 bits per heavy atom. The summed E-state index contributed by atoms with van der Waals surface area (Å²) in [5.41, 5.74) is 0.168. The molecule has 2 rings (SSSR count). The zero-order valence-electron chi connectivity index (χ0n) is 13.4. The molecule has 0 aliphatic heterocycles. The van der Waals surface area contributed by atoms with Crippen molar-refractivity contribution in [3.05, 3.63) is 21.1 Å². The number of hydrogen-bond acceptors (Lipinski definition) is 6. The molecule has 0 saturated heterocycles. The summed E-state index contributed by atoms with van der Waals surface area (Å²) in [4.78, 5) is 5.80. The van der Waals surface area contributed by atoms with Gasteiger partial charge in [-0.1, -0.05) is 46.0 Å². The highest BCUT2D eigenvalue weighted by atomic mass is 32.1. The van der Waals surface area contributed by atoms with Gasteiger partial charge in [0.05, 0.1) is 6.54 Å². The fraction of sp³-hybridized carbons (Fsp3) is 0.667. The monoisotopic (exact) mass is 324 g/mol. The first-order valence-electron chi connectivity index (χ1n) is 7.46. The molecule has 4 nitrogen and oxygen atoms in total. The molecular weight excluding hydrogens is 300 g/mol. The minimum Gasteiger partial charge on any atom is -0.354 e. The summed E-state index contributed by atoms with van der Waals surface area (Å²) in [5.74, 6) is 0.533. The predicted octanol–water partition coefficient (Wildman–Crippen LogP) is 4.81. The summed E-state index contributed by atoms with van der Waals surface area (Å²) >= 11 is 3.43. The standard InChI is InChI=1S/C15H24N4S2/c1-6-10(7-2)13-18-19-14(21-13)17-9-12-16-8-11(20-12)15(3,4)5/h8,10H,6-7,9H2,1-5H3,(H,17,19). The summed E-state index contributed by atoms with van der Waals surface area (Å²) < 4.78 is 0. The van der Waals surface area contributed by atoms with Crippen molar-refractivity contribution in [1.82, 2.24) is 15.2 Å². The van der Waals surface area contributed by atoms with Gasteiger partial charge in [-0.15, -0.1) is 21.5 Å². The molecule has 0 unspecified atom stereocenters. The van der Waals surface area contributed by atoms with E-state index in [0.717, 1.165) is 34.5 Å².